The Labute approximate surface area is 425 Å². The molecule has 0 spiro atoms. The molecule has 2 nitrogen and oxygen atoms in total. The van der Waals surface area contributed by atoms with Crippen LogP contribution in [0.1, 0.15) is 50.1 Å². The van der Waals surface area contributed by atoms with E-state index in [4.69, 9.17) is 0 Å². The average Bonchev–Trinajstić information content (AvgIpc) is 3.30. The molecule has 0 fully saturated rings. The van der Waals surface area contributed by atoms with Crippen molar-refractivity contribution < 1.29 is 110 Å². The van der Waals surface area contributed by atoms with E-state index < -0.39 is 195 Å². The zero-order chi connectivity index (χ0) is 57.7. The van der Waals surface area contributed by atoms with Crippen LogP contribution in [0.15, 0.2) is 150 Å². The van der Waals surface area contributed by atoms with E-state index in [1.165, 1.54) is 5.56 Å². The lowest BCUT2D eigenvalue weighted by molar-refractivity contribution is -0.688. The van der Waals surface area contributed by atoms with Crippen molar-refractivity contribution in [1.82, 2.24) is 4.98 Å². The van der Waals surface area contributed by atoms with Crippen LogP contribution in [0.2, 0.25) is 0 Å². The highest BCUT2D eigenvalue weighted by Crippen LogP contribution is 2.41. The van der Waals surface area contributed by atoms with Crippen LogP contribution < -0.4 is 26.4 Å². The first kappa shape index (κ1) is 59.5. The number of benzene rings is 6. The van der Waals surface area contributed by atoms with Gasteiger partial charge < -0.3 is 0 Å². The summed E-state index contributed by atoms with van der Waals surface area (Å²) in [6, 6.07) is 9.82. The Bertz CT molecular complexity index is 2790. The monoisotopic (exact) mass is 1190 g/mol. The number of rotatable bonds is 7. The first-order valence-electron chi connectivity index (χ1n) is 21.1. The SMILES string of the molecule is Brc1ccc(-c2c[n+](Cc3ccccc3)ccn2)cc1.FC(F)(F)c1cc([B-](c2cc(C(F)(F)F)cc(C(F)(F)F)c2)(c2cc(C(F)(F)F)cc(C(F)(F)F)c2)c2cc(C(F)(F)F)cc(C(F)(F)F)c2)cc(C(F)(F)F)c1. The fourth-order valence-electron chi connectivity index (χ4n) is 8.17. The van der Waals surface area contributed by atoms with Crippen LogP contribution in [0.25, 0.3) is 11.3 Å². The molecule has 0 bridgehead atoms. The van der Waals surface area contributed by atoms with Crippen molar-refractivity contribution in [1.29, 1.82) is 0 Å². The number of halogens is 25. The lowest BCUT2D eigenvalue weighted by atomic mass is 9.12. The van der Waals surface area contributed by atoms with Gasteiger partial charge in [-0.15, -0.1) is 0 Å². The molecular formula is C49H26BBrF24N2. The van der Waals surface area contributed by atoms with Gasteiger partial charge in [-0.2, -0.15) is 132 Å². The molecular weight excluding hydrogens is 1160 g/mol. The summed E-state index contributed by atoms with van der Waals surface area (Å²) >= 11 is 3.45. The third kappa shape index (κ3) is 14.1. The largest absolute Gasteiger partial charge is 0.416 e. The Morgan fingerprint density at radius 2 is 0.636 bits per heavy atom. The summed E-state index contributed by atoms with van der Waals surface area (Å²) in [5.74, 6) is 0. The Morgan fingerprint density at radius 1 is 0.364 bits per heavy atom. The molecule has 6 aromatic carbocycles. The molecule has 0 aliphatic carbocycles. The van der Waals surface area contributed by atoms with E-state index in [0.29, 0.717) is 0 Å². The Kier molecular flexibility index (Phi) is 16.2. The third-order valence-electron chi connectivity index (χ3n) is 11.5. The van der Waals surface area contributed by atoms with Crippen molar-refractivity contribution in [3.63, 3.8) is 0 Å². The van der Waals surface area contributed by atoms with E-state index >= 15 is 0 Å². The molecule has 0 N–H and O–H groups in total. The van der Waals surface area contributed by atoms with Gasteiger partial charge in [-0.25, -0.2) is 4.98 Å². The maximum atomic E-state index is 14.2. The van der Waals surface area contributed by atoms with E-state index in [1.807, 2.05) is 30.6 Å². The predicted molar refractivity (Wildman–Crippen MR) is 233 cm³/mol. The minimum Gasteiger partial charge on any atom is -0.244 e. The van der Waals surface area contributed by atoms with Gasteiger partial charge in [-0.1, -0.05) is 107 Å². The van der Waals surface area contributed by atoms with Gasteiger partial charge in [0, 0.05) is 15.6 Å². The maximum absolute atomic E-state index is 14.2. The smallest absolute Gasteiger partial charge is 0.244 e. The number of hydrogen-bond donors (Lipinski definition) is 0. The Balaban J connectivity index is 0.000000397. The van der Waals surface area contributed by atoms with Crippen molar-refractivity contribution in [3.05, 3.63) is 201 Å². The van der Waals surface area contributed by atoms with Crippen LogP contribution in [0.3, 0.4) is 0 Å². The molecule has 0 saturated carbocycles. The Morgan fingerprint density at radius 3 is 0.896 bits per heavy atom. The third-order valence-corrected chi connectivity index (χ3v) is 12.1. The summed E-state index contributed by atoms with van der Waals surface area (Å²) in [6.07, 6.45) is -48.9. The van der Waals surface area contributed by atoms with Gasteiger partial charge in [0.1, 0.15) is 11.8 Å². The molecule has 0 amide bonds. The van der Waals surface area contributed by atoms with Crippen molar-refractivity contribution in [2.24, 2.45) is 0 Å². The topological polar surface area (TPSA) is 16.8 Å². The average molecular weight is 1190 g/mol. The summed E-state index contributed by atoms with van der Waals surface area (Å²) in [5.41, 5.74) is -26.8. The molecule has 0 atom stereocenters. The lowest BCUT2D eigenvalue weighted by Crippen LogP contribution is -2.75. The molecule has 0 aliphatic heterocycles. The molecule has 0 radical (unpaired) electrons. The Hall–Kier alpha value is -6.74. The van der Waals surface area contributed by atoms with Crippen LogP contribution in [0.4, 0.5) is 105 Å². The van der Waals surface area contributed by atoms with Gasteiger partial charge in [0.2, 0.25) is 0 Å². The van der Waals surface area contributed by atoms with Gasteiger partial charge in [0.25, 0.3) is 0 Å². The molecule has 0 unspecified atom stereocenters. The second-order valence-corrected chi connectivity index (χ2v) is 17.7. The molecule has 0 aliphatic rings. The van der Waals surface area contributed by atoms with Gasteiger partial charge in [0.05, 0.1) is 50.7 Å². The number of aromatic nitrogens is 2. The summed E-state index contributed by atoms with van der Waals surface area (Å²) in [5, 5.41) is 0. The second-order valence-electron chi connectivity index (χ2n) is 16.8. The van der Waals surface area contributed by atoms with E-state index in [-0.39, 0.29) is 0 Å². The summed E-state index contributed by atoms with van der Waals surface area (Å²) in [4.78, 5) is 4.44. The van der Waals surface area contributed by atoms with Crippen LogP contribution in [0.5, 0.6) is 0 Å². The zero-order valence-electron chi connectivity index (χ0n) is 37.5. The predicted octanol–water partition coefficient (Wildman–Crippen LogP) is 15.1. The second kappa shape index (κ2) is 20.9. The molecule has 410 valence electrons. The first-order chi connectivity index (χ1) is 35.1. The normalized spacial score (nSPS) is 13.3. The lowest BCUT2D eigenvalue weighted by Gasteiger charge is -2.46. The summed E-state index contributed by atoms with van der Waals surface area (Å²) < 4.78 is 344. The molecule has 7 rings (SSSR count). The van der Waals surface area contributed by atoms with Gasteiger partial charge in [0.15, 0.2) is 18.9 Å². The minimum absolute atomic E-state index is 0.691. The molecule has 77 heavy (non-hydrogen) atoms. The first-order valence-corrected chi connectivity index (χ1v) is 21.9. The molecule has 28 heteroatoms. The summed E-state index contributed by atoms with van der Waals surface area (Å²) in [7, 11) is 0. The fourth-order valence-corrected chi connectivity index (χ4v) is 8.43. The van der Waals surface area contributed by atoms with Crippen molar-refractivity contribution >= 4 is 43.9 Å². The minimum atomic E-state index is -6.13. The molecule has 7 aromatic rings. The summed E-state index contributed by atoms with van der Waals surface area (Å²) in [6.45, 7) is 0.854. The van der Waals surface area contributed by atoms with Gasteiger partial charge >= 0.3 is 49.4 Å². The maximum Gasteiger partial charge on any atom is 0.416 e. The number of hydrogen-bond acceptors (Lipinski definition) is 1. The van der Waals surface area contributed by atoms with Crippen LogP contribution in [-0.2, 0) is 56.0 Å². The quantitative estimate of drug-likeness (QED) is 0.0883. The van der Waals surface area contributed by atoms with E-state index in [2.05, 4.69) is 68.1 Å². The highest BCUT2D eigenvalue weighted by molar-refractivity contribution is 9.10. The standard InChI is InChI=1S/C32H12BF24.C17H14BrN2/c34-25(35,36)13-1-14(26(37,38)39)6-21(5-13)33(22-7-15(27(40,41)42)2-16(8-22)28(43,44)45,23-9-17(29(46,47)48)3-18(10-23)30(49,50)51)24-11-19(31(52,53)54)4-20(12-24)32(55,56)57;18-16-8-6-15(7-9-16)17-13-20(11-10-19-17)12-14-4-2-1-3-5-14/h1-12H;1-11,13H,12H2/q-1;+1. The molecule has 1 heterocycles. The van der Waals surface area contributed by atoms with Crippen LogP contribution in [-0.4, -0.2) is 11.1 Å². The van der Waals surface area contributed by atoms with Crippen molar-refractivity contribution in [3.8, 4) is 11.3 Å². The fraction of sp³-hybridized carbons (Fsp3) is 0.184. The highest BCUT2D eigenvalue weighted by Gasteiger charge is 2.47. The van der Waals surface area contributed by atoms with E-state index in [1.54, 1.807) is 0 Å². The van der Waals surface area contributed by atoms with Crippen molar-refractivity contribution in [2.45, 2.75) is 56.0 Å². The van der Waals surface area contributed by atoms with Crippen LogP contribution in [0, 0.1) is 0 Å². The molecule has 1 aromatic heterocycles. The van der Waals surface area contributed by atoms with Gasteiger partial charge in [-0.05, 0) is 36.4 Å². The van der Waals surface area contributed by atoms with E-state index in [0.717, 1.165) is 22.3 Å². The molecule has 0 saturated heterocycles. The van der Waals surface area contributed by atoms with Crippen molar-refractivity contribution in [2.75, 3.05) is 0 Å². The number of nitrogens with zero attached hydrogens (tertiary/aromatic N) is 2. The zero-order valence-corrected chi connectivity index (χ0v) is 39.1. The van der Waals surface area contributed by atoms with E-state index in [9.17, 15) is 105 Å². The van der Waals surface area contributed by atoms with Crippen LogP contribution >= 0.6 is 15.9 Å². The highest BCUT2D eigenvalue weighted by atomic mass is 79.9. The van der Waals surface area contributed by atoms with Gasteiger partial charge in [-0.3, -0.25) is 0 Å². The number of alkyl halides is 24.